The number of nitrogens with zero attached hydrogens (tertiary/aromatic N) is 5. The van der Waals surface area contributed by atoms with Gasteiger partial charge in [-0.1, -0.05) is 40.6 Å². The molecule has 0 bridgehead atoms. The van der Waals surface area contributed by atoms with Crippen LogP contribution in [0.25, 0.3) is 4.96 Å². The Morgan fingerprint density at radius 1 is 1.15 bits per heavy atom. The lowest BCUT2D eigenvalue weighted by molar-refractivity contribution is 0.127. The fraction of sp³-hybridized carbons (Fsp3) is 0.412. The molecule has 0 aliphatic carbocycles. The van der Waals surface area contributed by atoms with E-state index in [0.29, 0.717) is 20.8 Å². The Bertz CT molecular complexity index is 948. The highest BCUT2D eigenvalue weighted by Gasteiger charge is 2.31. The average molecular weight is 412 g/mol. The highest BCUT2D eigenvalue weighted by Crippen LogP contribution is 2.41. The summed E-state index contributed by atoms with van der Waals surface area (Å²) in [4.78, 5) is 10.6. The molecule has 3 heterocycles. The van der Waals surface area contributed by atoms with Gasteiger partial charge in [-0.05, 0) is 31.7 Å². The summed E-state index contributed by atoms with van der Waals surface area (Å²) in [5, 5.41) is 16.1. The number of fused-ring (bicyclic) bond motifs is 1. The molecule has 0 amide bonds. The number of thiazole rings is 1. The number of aromatic hydroxyl groups is 1. The molecule has 4 rings (SSSR count). The normalized spacial score (nSPS) is 17.8. The largest absolute Gasteiger partial charge is 0.492 e. The number of likely N-dealkylation sites (N-methyl/N-ethyl adjacent to an activating group) is 1. The van der Waals surface area contributed by atoms with Crippen LogP contribution in [0.15, 0.2) is 18.2 Å². The van der Waals surface area contributed by atoms with Gasteiger partial charge in [-0.25, -0.2) is 4.98 Å². The van der Waals surface area contributed by atoms with Crippen molar-refractivity contribution in [3.63, 3.8) is 0 Å². The van der Waals surface area contributed by atoms with E-state index in [2.05, 4.69) is 26.9 Å². The molecule has 1 aliphatic rings. The van der Waals surface area contributed by atoms with Crippen LogP contribution in [0.1, 0.15) is 22.3 Å². The maximum Gasteiger partial charge on any atom is 0.230 e. The fourth-order valence-electron chi connectivity index (χ4n) is 3.32. The maximum atomic E-state index is 10.8. The molecule has 1 atom stereocenters. The molecule has 138 valence electrons. The third-order valence-electron chi connectivity index (χ3n) is 4.72. The minimum absolute atomic E-state index is 0.118. The van der Waals surface area contributed by atoms with Crippen molar-refractivity contribution >= 4 is 39.5 Å². The van der Waals surface area contributed by atoms with Crippen LogP contribution in [0.5, 0.6) is 5.88 Å². The summed E-state index contributed by atoms with van der Waals surface area (Å²) < 4.78 is 1.51. The SMILES string of the molecule is Cc1nc2sc([C@@H](c3ccc(Cl)c(Cl)c3)N3CCN(C)CC3)c(O)n2n1. The molecule has 6 nitrogen and oxygen atoms in total. The van der Waals surface area contributed by atoms with E-state index < -0.39 is 0 Å². The third kappa shape index (κ3) is 3.18. The predicted molar refractivity (Wildman–Crippen MR) is 105 cm³/mol. The molecular weight excluding hydrogens is 393 g/mol. The van der Waals surface area contributed by atoms with Crippen molar-refractivity contribution in [3.05, 3.63) is 44.5 Å². The second kappa shape index (κ2) is 6.98. The quantitative estimate of drug-likeness (QED) is 0.714. The van der Waals surface area contributed by atoms with Crippen LogP contribution < -0.4 is 0 Å². The molecule has 3 aromatic rings. The number of aromatic nitrogens is 3. The van der Waals surface area contributed by atoms with Gasteiger partial charge in [-0.3, -0.25) is 4.90 Å². The summed E-state index contributed by atoms with van der Waals surface area (Å²) in [6.07, 6.45) is 0. The van der Waals surface area contributed by atoms with Crippen molar-refractivity contribution in [2.75, 3.05) is 33.2 Å². The van der Waals surface area contributed by atoms with E-state index in [4.69, 9.17) is 23.2 Å². The van der Waals surface area contributed by atoms with E-state index in [0.717, 1.165) is 36.6 Å². The Balaban J connectivity index is 1.82. The van der Waals surface area contributed by atoms with Crippen LogP contribution in [0, 0.1) is 6.92 Å². The molecule has 1 aromatic carbocycles. The summed E-state index contributed by atoms with van der Waals surface area (Å²) in [7, 11) is 2.12. The first-order valence-electron chi connectivity index (χ1n) is 8.36. The van der Waals surface area contributed by atoms with Gasteiger partial charge in [0.25, 0.3) is 0 Å². The van der Waals surface area contributed by atoms with Gasteiger partial charge in [0, 0.05) is 26.2 Å². The lowest BCUT2D eigenvalue weighted by Gasteiger charge is -2.37. The summed E-state index contributed by atoms with van der Waals surface area (Å²) in [5.74, 6) is 0.782. The van der Waals surface area contributed by atoms with Gasteiger partial charge in [-0.15, -0.1) is 5.10 Å². The van der Waals surface area contributed by atoms with Crippen molar-refractivity contribution in [3.8, 4) is 5.88 Å². The number of halogens is 2. The molecule has 1 fully saturated rings. The van der Waals surface area contributed by atoms with E-state index in [-0.39, 0.29) is 11.9 Å². The summed E-state index contributed by atoms with van der Waals surface area (Å²) >= 11 is 13.8. The van der Waals surface area contributed by atoms with E-state index in [1.807, 2.05) is 19.1 Å². The number of rotatable bonds is 3. The Morgan fingerprint density at radius 2 is 1.88 bits per heavy atom. The fourth-order valence-corrected chi connectivity index (χ4v) is 4.79. The highest BCUT2D eigenvalue weighted by molar-refractivity contribution is 7.17. The third-order valence-corrected chi connectivity index (χ3v) is 6.53. The van der Waals surface area contributed by atoms with Gasteiger partial charge in [-0.2, -0.15) is 4.52 Å². The zero-order valence-electron chi connectivity index (χ0n) is 14.5. The predicted octanol–water partition coefficient (Wildman–Crippen LogP) is 3.45. The van der Waals surface area contributed by atoms with E-state index >= 15 is 0 Å². The Morgan fingerprint density at radius 3 is 2.54 bits per heavy atom. The Labute approximate surface area is 165 Å². The van der Waals surface area contributed by atoms with Crippen LogP contribution in [-0.4, -0.2) is 62.7 Å². The molecule has 9 heteroatoms. The summed E-state index contributed by atoms with van der Waals surface area (Å²) in [6.45, 7) is 5.55. The van der Waals surface area contributed by atoms with Crippen LogP contribution in [0.4, 0.5) is 0 Å². The van der Waals surface area contributed by atoms with Gasteiger partial charge in [0.05, 0.1) is 21.0 Å². The van der Waals surface area contributed by atoms with Gasteiger partial charge in [0.15, 0.2) is 0 Å². The van der Waals surface area contributed by atoms with Crippen LogP contribution in [-0.2, 0) is 0 Å². The van der Waals surface area contributed by atoms with E-state index in [1.54, 1.807) is 6.07 Å². The first-order chi connectivity index (χ1) is 12.4. The molecular formula is C17H19Cl2N5OS. The number of hydrogen-bond donors (Lipinski definition) is 1. The average Bonchev–Trinajstić information content (AvgIpc) is 3.11. The first kappa shape index (κ1) is 18.0. The van der Waals surface area contributed by atoms with Crippen LogP contribution in [0.3, 0.4) is 0 Å². The molecule has 1 N–H and O–H groups in total. The summed E-state index contributed by atoms with van der Waals surface area (Å²) in [5.41, 5.74) is 1.00. The monoisotopic (exact) mass is 411 g/mol. The molecule has 0 saturated carbocycles. The van der Waals surface area contributed by atoms with Gasteiger partial charge in [0.1, 0.15) is 5.82 Å². The number of aryl methyl sites for hydroxylation is 1. The van der Waals surface area contributed by atoms with Gasteiger partial charge in [0.2, 0.25) is 10.8 Å². The van der Waals surface area contributed by atoms with Gasteiger partial charge >= 0.3 is 0 Å². The second-order valence-corrected chi connectivity index (χ2v) is 8.38. The topological polar surface area (TPSA) is 56.9 Å². The van der Waals surface area contributed by atoms with Crippen molar-refractivity contribution in [2.24, 2.45) is 0 Å². The second-order valence-electron chi connectivity index (χ2n) is 6.56. The minimum atomic E-state index is -0.118. The maximum absolute atomic E-state index is 10.8. The van der Waals surface area contributed by atoms with Gasteiger partial charge < -0.3 is 10.0 Å². The number of piperazine rings is 1. The zero-order valence-corrected chi connectivity index (χ0v) is 16.8. The number of hydrogen-bond acceptors (Lipinski definition) is 6. The highest BCUT2D eigenvalue weighted by atomic mass is 35.5. The standard InChI is InChI=1S/C17H19Cl2N5OS/c1-10-20-17-24(21-10)16(25)15(26-17)14(23-7-5-22(2)6-8-23)11-3-4-12(18)13(19)9-11/h3-4,9,14,25H,5-8H2,1-2H3/t14-/m1/s1. The Kier molecular flexibility index (Phi) is 4.83. The molecule has 1 aliphatic heterocycles. The molecule has 2 aromatic heterocycles. The molecule has 1 saturated heterocycles. The molecule has 26 heavy (non-hydrogen) atoms. The minimum Gasteiger partial charge on any atom is -0.492 e. The van der Waals surface area contributed by atoms with Crippen molar-refractivity contribution in [2.45, 2.75) is 13.0 Å². The van der Waals surface area contributed by atoms with E-state index in [1.165, 1.54) is 15.9 Å². The van der Waals surface area contributed by atoms with Crippen molar-refractivity contribution < 1.29 is 5.11 Å². The van der Waals surface area contributed by atoms with E-state index in [9.17, 15) is 5.11 Å². The van der Waals surface area contributed by atoms with Crippen molar-refractivity contribution in [1.82, 2.24) is 24.4 Å². The smallest absolute Gasteiger partial charge is 0.230 e. The first-order valence-corrected chi connectivity index (χ1v) is 9.94. The number of benzene rings is 1. The van der Waals surface area contributed by atoms with Crippen molar-refractivity contribution in [1.29, 1.82) is 0 Å². The molecule has 0 radical (unpaired) electrons. The molecule has 0 unspecified atom stereocenters. The molecule has 0 spiro atoms. The summed E-state index contributed by atoms with van der Waals surface area (Å²) in [6, 6.07) is 5.54. The lowest BCUT2D eigenvalue weighted by Crippen LogP contribution is -2.46. The lowest BCUT2D eigenvalue weighted by atomic mass is 10.0. The van der Waals surface area contributed by atoms with Crippen LogP contribution in [0.2, 0.25) is 10.0 Å². The van der Waals surface area contributed by atoms with Crippen LogP contribution >= 0.6 is 34.5 Å². The Hall–Kier alpha value is -1.38. The zero-order chi connectivity index (χ0) is 18.4.